The molecule has 0 spiro atoms. The molecule has 0 amide bonds. The summed E-state index contributed by atoms with van der Waals surface area (Å²) in [6.07, 6.45) is 0.472. The van der Waals surface area contributed by atoms with Crippen molar-refractivity contribution in [1.82, 2.24) is 4.72 Å². The molecule has 1 aliphatic heterocycles. The summed E-state index contributed by atoms with van der Waals surface area (Å²) in [5, 5.41) is 0. The molecule has 1 heterocycles. The number of hydrogen-bond donors (Lipinski definition) is 1. The van der Waals surface area contributed by atoms with E-state index in [1.54, 1.807) is 6.07 Å². The van der Waals surface area contributed by atoms with Crippen LogP contribution in [0.15, 0.2) is 23.1 Å². The molecule has 1 fully saturated rings. The number of nitrogens with one attached hydrogen (secondary N) is 1. The quantitative estimate of drug-likeness (QED) is 0.799. The summed E-state index contributed by atoms with van der Waals surface area (Å²) in [6, 6.07) is 4.47. The number of benzene rings is 1. The van der Waals surface area contributed by atoms with Gasteiger partial charge >= 0.3 is 0 Å². The third-order valence-electron chi connectivity index (χ3n) is 3.55. The van der Waals surface area contributed by atoms with Crippen LogP contribution in [-0.4, -0.2) is 49.1 Å². The van der Waals surface area contributed by atoms with Gasteiger partial charge in [0.15, 0.2) is 9.84 Å². The van der Waals surface area contributed by atoms with Crippen molar-refractivity contribution < 1.29 is 26.3 Å². The van der Waals surface area contributed by atoms with E-state index in [0.29, 0.717) is 12.2 Å². The molecule has 2 rings (SSSR count). The average Bonchev–Trinajstić information content (AvgIpc) is 2.84. The Morgan fingerprint density at radius 2 is 2.00 bits per heavy atom. The van der Waals surface area contributed by atoms with Gasteiger partial charge in [-0.25, -0.2) is 21.6 Å². The zero-order chi connectivity index (χ0) is 16.4. The Morgan fingerprint density at radius 3 is 2.55 bits per heavy atom. The van der Waals surface area contributed by atoms with Gasteiger partial charge in [-0.1, -0.05) is 0 Å². The molecule has 1 aromatic carbocycles. The molecular formula is C13H19NO6S2. The minimum Gasteiger partial charge on any atom is -0.497 e. The Bertz CT molecular complexity index is 742. The summed E-state index contributed by atoms with van der Waals surface area (Å²) in [4.78, 5) is -0.0322. The maximum atomic E-state index is 12.4. The first-order chi connectivity index (χ1) is 10.3. The number of sulfonamides is 1. The van der Waals surface area contributed by atoms with E-state index in [2.05, 4.69) is 4.72 Å². The van der Waals surface area contributed by atoms with Crippen LogP contribution >= 0.6 is 0 Å². The van der Waals surface area contributed by atoms with E-state index in [0.717, 1.165) is 0 Å². The van der Waals surface area contributed by atoms with Crippen LogP contribution in [0.3, 0.4) is 0 Å². The van der Waals surface area contributed by atoms with Gasteiger partial charge in [0.1, 0.15) is 16.4 Å². The fraction of sp³-hybridized carbons (Fsp3) is 0.538. The molecule has 0 bridgehead atoms. The topological polar surface area (TPSA) is 98.8 Å². The molecule has 0 aliphatic carbocycles. The van der Waals surface area contributed by atoms with Gasteiger partial charge in [0.2, 0.25) is 10.0 Å². The lowest BCUT2D eigenvalue weighted by Crippen LogP contribution is -2.30. The molecule has 0 saturated carbocycles. The summed E-state index contributed by atoms with van der Waals surface area (Å²) in [5.41, 5.74) is 0. The Balaban J connectivity index is 2.16. The molecular weight excluding hydrogens is 330 g/mol. The van der Waals surface area contributed by atoms with Crippen LogP contribution in [0.1, 0.15) is 6.42 Å². The lowest BCUT2D eigenvalue weighted by molar-refractivity contribution is 0.391. The summed E-state index contributed by atoms with van der Waals surface area (Å²) < 4.78 is 60.2. The molecule has 1 aromatic rings. The number of sulfone groups is 1. The standard InChI is InChI=1S/C13H19NO6S2/c1-19-11-3-4-12(20-2)13(7-11)22(17,18)14-8-10-5-6-21(15,16)9-10/h3-4,7,10,14H,5-6,8-9H2,1-2H3/t10-/m1/s1. The molecule has 1 N–H and O–H groups in total. The lowest BCUT2D eigenvalue weighted by Gasteiger charge is -2.14. The highest BCUT2D eigenvalue weighted by Gasteiger charge is 2.29. The van der Waals surface area contributed by atoms with Gasteiger partial charge in [-0.05, 0) is 24.5 Å². The van der Waals surface area contributed by atoms with Crippen molar-refractivity contribution in [2.24, 2.45) is 5.92 Å². The second-order valence-corrected chi connectivity index (χ2v) is 9.10. The first-order valence-corrected chi connectivity index (χ1v) is 10.00. The van der Waals surface area contributed by atoms with Crippen LogP contribution in [0.4, 0.5) is 0 Å². The van der Waals surface area contributed by atoms with E-state index < -0.39 is 19.9 Å². The van der Waals surface area contributed by atoms with E-state index in [1.165, 1.54) is 26.4 Å². The SMILES string of the molecule is COc1ccc(OC)c(S(=O)(=O)NC[C@H]2CCS(=O)(=O)C2)c1. The monoisotopic (exact) mass is 349 g/mol. The largest absolute Gasteiger partial charge is 0.497 e. The van der Waals surface area contributed by atoms with Crippen molar-refractivity contribution in [1.29, 1.82) is 0 Å². The molecule has 9 heteroatoms. The van der Waals surface area contributed by atoms with Gasteiger partial charge in [-0.2, -0.15) is 0 Å². The minimum atomic E-state index is -3.81. The van der Waals surface area contributed by atoms with Crippen LogP contribution in [0.5, 0.6) is 11.5 Å². The minimum absolute atomic E-state index is 0.0186. The van der Waals surface area contributed by atoms with Crippen LogP contribution in [0.2, 0.25) is 0 Å². The van der Waals surface area contributed by atoms with E-state index in [-0.39, 0.29) is 34.6 Å². The number of methoxy groups -OCH3 is 2. The van der Waals surface area contributed by atoms with Crippen LogP contribution in [0.25, 0.3) is 0 Å². The Hall–Kier alpha value is -1.32. The maximum absolute atomic E-state index is 12.4. The molecule has 1 atom stereocenters. The highest BCUT2D eigenvalue weighted by Crippen LogP contribution is 2.28. The molecule has 7 nitrogen and oxygen atoms in total. The molecule has 0 aromatic heterocycles. The molecule has 1 saturated heterocycles. The normalized spacial score (nSPS) is 20.7. The van der Waals surface area contributed by atoms with E-state index in [1.807, 2.05) is 0 Å². The number of ether oxygens (including phenoxy) is 2. The van der Waals surface area contributed by atoms with E-state index >= 15 is 0 Å². The first-order valence-electron chi connectivity index (χ1n) is 6.69. The zero-order valence-corrected chi connectivity index (χ0v) is 14.0. The smallest absolute Gasteiger partial charge is 0.244 e. The Kier molecular flexibility index (Phi) is 4.98. The second kappa shape index (κ2) is 6.43. The van der Waals surface area contributed by atoms with Gasteiger partial charge in [0, 0.05) is 12.6 Å². The maximum Gasteiger partial charge on any atom is 0.244 e. The highest BCUT2D eigenvalue weighted by molar-refractivity contribution is 7.91. The van der Waals surface area contributed by atoms with Gasteiger partial charge in [-0.3, -0.25) is 0 Å². The summed E-state index contributed by atoms with van der Waals surface area (Å²) in [6.45, 7) is 0.0852. The van der Waals surface area contributed by atoms with Crippen molar-refractivity contribution in [3.8, 4) is 11.5 Å². The second-order valence-electron chi connectivity index (χ2n) is 5.14. The fourth-order valence-corrected chi connectivity index (χ4v) is 5.49. The molecule has 124 valence electrons. The van der Waals surface area contributed by atoms with Gasteiger partial charge in [0.05, 0.1) is 25.7 Å². The fourth-order valence-electron chi connectivity index (χ4n) is 2.33. The van der Waals surface area contributed by atoms with Crippen molar-refractivity contribution in [3.05, 3.63) is 18.2 Å². The summed E-state index contributed by atoms with van der Waals surface area (Å²) in [5.74, 6) is 0.528. The Labute approximate surface area is 130 Å². The van der Waals surface area contributed by atoms with E-state index in [9.17, 15) is 16.8 Å². The zero-order valence-electron chi connectivity index (χ0n) is 12.4. The molecule has 0 radical (unpaired) electrons. The van der Waals surface area contributed by atoms with Crippen LogP contribution in [0, 0.1) is 5.92 Å². The first kappa shape index (κ1) is 17.0. The third-order valence-corrected chi connectivity index (χ3v) is 6.83. The van der Waals surface area contributed by atoms with Crippen molar-refractivity contribution in [2.45, 2.75) is 11.3 Å². The molecule has 22 heavy (non-hydrogen) atoms. The van der Waals surface area contributed by atoms with Crippen molar-refractivity contribution in [3.63, 3.8) is 0 Å². The van der Waals surface area contributed by atoms with Gasteiger partial charge in [-0.15, -0.1) is 0 Å². The van der Waals surface area contributed by atoms with Crippen molar-refractivity contribution in [2.75, 3.05) is 32.3 Å². The highest BCUT2D eigenvalue weighted by atomic mass is 32.2. The predicted octanol–water partition coefficient (Wildman–Crippen LogP) is 0.417. The average molecular weight is 349 g/mol. The summed E-state index contributed by atoms with van der Waals surface area (Å²) in [7, 11) is -4.02. The molecule has 0 unspecified atom stereocenters. The predicted molar refractivity (Wildman–Crippen MR) is 81.5 cm³/mol. The Morgan fingerprint density at radius 1 is 1.27 bits per heavy atom. The van der Waals surface area contributed by atoms with Crippen LogP contribution < -0.4 is 14.2 Å². The molecule has 1 aliphatic rings. The van der Waals surface area contributed by atoms with Gasteiger partial charge < -0.3 is 9.47 Å². The van der Waals surface area contributed by atoms with Crippen molar-refractivity contribution >= 4 is 19.9 Å². The third kappa shape index (κ3) is 3.90. The van der Waals surface area contributed by atoms with Crippen LogP contribution in [-0.2, 0) is 19.9 Å². The summed E-state index contributed by atoms with van der Waals surface area (Å²) >= 11 is 0. The van der Waals surface area contributed by atoms with Gasteiger partial charge in [0.25, 0.3) is 0 Å². The van der Waals surface area contributed by atoms with E-state index in [4.69, 9.17) is 9.47 Å². The number of hydrogen-bond acceptors (Lipinski definition) is 6. The lowest BCUT2D eigenvalue weighted by atomic mass is 10.1. The number of rotatable bonds is 6.